The lowest BCUT2D eigenvalue weighted by Gasteiger charge is -2.66. The van der Waals surface area contributed by atoms with E-state index in [-0.39, 0.29) is 49.8 Å². The van der Waals surface area contributed by atoms with E-state index in [2.05, 4.69) is 6.92 Å². The second-order valence-corrected chi connectivity index (χ2v) is 19.1. The third-order valence-corrected chi connectivity index (χ3v) is 16.3. The maximum absolute atomic E-state index is 12.6. The Morgan fingerprint density at radius 2 is 1.40 bits per heavy atom. The minimum Gasteiger partial charge on any atom is -0.458 e. The molecule has 4 aliphatic heterocycles. The molecule has 0 aromatic heterocycles. The van der Waals surface area contributed by atoms with Crippen molar-refractivity contribution in [3.05, 3.63) is 11.6 Å². The molecule has 0 radical (unpaired) electrons. The zero-order chi connectivity index (χ0) is 43.1. The molecule has 4 saturated carbocycles. The lowest BCUT2D eigenvalue weighted by Crippen LogP contribution is -2.69. The quantitative estimate of drug-likeness (QED) is 0.0782. The molecule has 19 heteroatoms. The Hall–Kier alpha value is -1.47. The largest absolute Gasteiger partial charge is 0.458 e. The van der Waals surface area contributed by atoms with Crippen molar-refractivity contribution in [1.29, 1.82) is 0 Å². The van der Waals surface area contributed by atoms with E-state index in [1.54, 1.807) is 13.0 Å². The van der Waals surface area contributed by atoms with Gasteiger partial charge in [-0.1, -0.05) is 6.92 Å². The van der Waals surface area contributed by atoms with Gasteiger partial charge < -0.3 is 89.3 Å². The van der Waals surface area contributed by atoms with Crippen LogP contribution in [0.25, 0.3) is 0 Å². The minimum atomic E-state index is -1.82. The van der Waals surface area contributed by atoms with Crippen molar-refractivity contribution in [1.82, 2.24) is 0 Å². The Morgan fingerprint density at radius 1 is 0.733 bits per heavy atom. The highest BCUT2D eigenvalue weighted by atomic mass is 16.8. The van der Waals surface area contributed by atoms with Gasteiger partial charge in [-0.15, -0.1) is 0 Å². The van der Waals surface area contributed by atoms with Crippen molar-refractivity contribution in [2.75, 3.05) is 26.4 Å². The first kappa shape index (κ1) is 45.1. The van der Waals surface area contributed by atoms with Gasteiger partial charge in [0.1, 0.15) is 61.5 Å². The maximum atomic E-state index is 12.6. The third kappa shape index (κ3) is 7.21. The minimum absolute atomic E-state index is 0.0209. The van der Waals surface area contributed by atoms with Gasteiger partial charge in [-0.05, 0) is 81.6 Å². The molecular formula is C41H64O19. The molecule has 14 unspecified atom stereocenters. The summed E-state index contributed by atoms with van der Waals surface area (Å²) in [6.07, 6.45) is -14.5. The molecule has 0 aromatic carbocycles. The van der Waals surface area contributed by atoms with Gasteiger partial charge in [-0.3, -0.25) is 0 Å². The Balaban J connectivity index is 0.875. The summed E-state index contributed by atoms with van der Waals surface area (Å²) in [4.78, 5) is 12.0. The van der Waals surface area contributed by atoms with E-state index in [4.69, 9.17) is 33.2 Å². The highest BCUT2D eigenvalue weighted by Crippen LogP contribution is 2.70. The third-order valence-electron chi connectivity index (χ3n) is 16.3. The molecule has 0 bridgehead atoms. The van der Waals surface area contributed by atoms with Gasteiger partial charge in [-0.2, -0.15) is 0 Å². The summed E-state index contributed by atoms with van der Waals surface area (Å²) in [5, 5.41) is 120. The molecule has 7 fully saturated rings. The molecule has 8 rings (SSSR count). The molecule has 0 amide bonds. The number of aliphatic hydroxyl groups is 11. The van der Waals surface area contributed by atoms with Crippen molar-refractivity contribution in [3.8, 4) is 0 Å². The van der Waals surface area contributed by atoms with Crippen molar-refractivity contribution < 1.29 is 94.1 Å². The van der Waals surface area contributed by atoms with Crippen LogP contribution in [0, 0.1) is 28.6 Å². The van der Waals surface area contributed by atoms with Crippen LogP contribution in [0.1, 0.15) is 78.1 Å². The first-order chi connectivity index (χ1) is 28.4. The summed E-state index contributed by atoms with van der Waals surface area (Å²) in [5.74, 6) is -0.591. The summed E-state index contributed by atoms with van der Waals surface area (Å²) >= 11 is 0. The topological polar surface area (TPSA) is 304 Å². The molecule has 60 heavy (non-hydrogen) atoms. The standard InChI is InChI=1S/C41H64O19/c1-18-34(59-37-33(51)31(49)35(26(15-43)58-37)60-36-32(50)30(48)29(47)25(14-42)57-36)24(45)12-28(55-18)56-20-3-8-39(17-44)22-4-7-38(2)21(19-11-27(46)54-16-19)6-10-41(38,53)23(22)5-9-40(39,52)13-20/h11,18,20-26,28-37,42-45,47-53H,3-10,12-17H2,1-2H3/t18?,20-,21+,22-,23+,24?,25?,26?,28?,29?,30?,31?,32?,33?,34?,35?,36?,37?,38+,39-,40-,41-/m0/s1. The normalized spacial score (nSPS) is 54.4. The highest BCUT2D eigenvalue weighted by molar-refractivity contribution is 5.85. The highest BCUT2D eigenvalue weighted by Gasteiger charge is 2.71. The van der Waals surface area contributed by atoms with Crippen LogP contribution in [0.2, 0.25) is 0 Å². The Morgan fingerprint density at radius 3 is 2.05 bits per heavy atom. The van der Waals surface area contributed by atoms with Crippen LogP contribution in [0.4, 0.5) is 0 Å². The molecule has 4 heterocycles. The molecule has 11 N–H and O–H groups in total. The predicted octanol–water partition coefficient (Wildman–Crippen LogP) is -2.78. The average molecular weight is 861 g/mol. The van der Waals surface area contributed by atoms with E-state index in [0.29, 0.717) is 44.9 Å². The van der Waals surface area contributed by atoms with Gasteiger partial charge in [-0.25, -0.2) is 4.79 Å². The second-order valence-electron chi connectivity index (χ2n) is 19.1. The average Bonchev–Trinajstić information content (AvgIpc) is 3.77. The van der Waals surface area contributed by atoms with Crippen LogP contribution < -0.4 is 0 Å². The summed E-state index contributed by atoms with van der Waals surface area (Å²) < 4.78 is 40.5. The maximum Gasteiger partial charge on any atom is 0.331 e. The van der Waals surface area contributed by atoms with Crippen LogP contribution in [-0.4, -0.2) is 192 Å². The Bertz CT molecular complexity index is 1570. The predicted molar refractivity (Wildman–Crippen MR) is 200 cm³/mol. The van der Waals surface area contributed by atoms with Gasteiger partial charge in [0.15, 0.2) is 18.9 Å². The summed E-state index contributed by atoms with van der Waals surface area (Å²) in [7, 11) is 0. The number of hydrogen-bond acceptors (Lipinski definition) is 19. The Kier molecular flexibility index (Phi) is 12.7. The lowest BCUT2D eigenvalue weighted by molar-refractivity contribution is -0.373. The monoisotopic (exact) mass is 860 g/mol. The van der Waals surface area contributed by atoms with Crippen molar-refractivity contribution >= 4 is 5.97 Å². The summed E-state index contributed by atoms with van der Waals surface area (Å²) in [5.41, 5.74) is -2.69. The van der Waals surface area contributed by atoms with Crippen LogP contribution in [0.3, 0.4) is 0 Å². The number of hydrogen-bond donors (Lipinski definition) is 11. The lowest BCUT2D eigenvalue weighted by atomic mass is 9.41. The van der Waals surface area contributed by atoms with Crippen LogP contribution in [0.15, 0.2) is 11.6 Å². The molecule has 0 spiro atoms. The number of esters is 1. The molecule has 4 aliphatic carbocycles. The van der Waals surface area contributed by atoms with Crippen molar-refractivity contribution in [2.45, 2.75) is 181 Å². The van der Waals surface area contributed by atoms with Crippen LogP contribution in [-0.2, 0) is 38.0 Å². The number of rotatable bonds is 10. The van der Waals surface area contributed by atoms with Gasteiger partial charge >= 0.3 is 5.97 Å². The number of fused-ring (bicyclic) bond motifs is 5. The SMILES string of the molecule is CC1OC(O[C@H]2CC[C@]3(CO)[C@H]4CC[C@]5(C)[C@@H](C6=CC(=O)OC6)CC[C@]5(O)[C@@H]4CC[C@]3(O)C2)CC(O)C1OC1OC(CO)C(OC2OC(CO)C(O)C(O)C2O)C(O)C1O. The van der Waals surface area contributed by atoms with Gasteiger partial charge in [0, 0.05) is 29.7 Å². The van der Waals surface area contributed by atoms with E-state index in [1.807, 2.05) is 0 Å². The zero-order valence-electron chi connectivity index (χ0n) is 34.1. The van der Waals surface area contributed by atoms with Crippen LogP contribution >= 0.6 is 0 Å². The molecular weight excluding hydrogens is 796 g/mol. The first-order valence-corrected chi connectivity index (χ1v) is 21.6. The first-order valence-electron chi connectivity index (χ1n) is 21.6. The van der Waals surface area contributed by atoms with E-state index in [9.17, 15) is 61.0 Å². The van der Waals surface area contributed by atoms with E-state index >= 15 is 0 Å². The Labute approximate surface area is 347 Å². The van der Waals surface area contributed by atoms with E-state index in [0.717, 1.165) is 12.0 Å². The van der Waals surface area contributed by atoms with Crippen molar-refractivity contribution in [2.24, 2.45) is 28.6 Å². The molecule has 8 aliphatic rings. The zero-order valence-corrected chi connectivity index (χ0v) is 34.1. The number of carbonyl (C=O) groups is 1. The van der Waals surface area contributed by atoms with Gasteiger partial charge in [0.2, 0.25) is 0 Å². The van der Waals surface area contributed by atoms with Crippen molar-refractivity contribution in [3.63, 3.8) is 0 Å². The fourth-order valence-corrected chi connectivity index (χ4v) is 13.0. The molecule has 342 valence electrons. The number of aliphatic hydroxyl groups excluding tert-OH is 9. The van der Waals surface area contributed by atoms with Gasteiger partial charge in [0.05, 0.1) is 49.3 Å². The second kappa shape index (κ2) is 16.8. The summed E-state index contributed by atoms with van der Waals surface area (Å²) in [6, 6.07) is 0. The molecule has 19 nitrogen and oxygen atoms in total. The number of carbonyl (C=O) groups excluding carboxylic acids is 1. The van der Waals surface area contributed by atoms with E-state index < -0.39 is 127 Å². The fraction of sp³-hybridized carbons (Fsp3) is 0.927. The molecule has 3 saturated heterocycles. The van der Waals surface area contributed by atoms with Crippen LogP contribution in [0.5, 0.6) is 0 Å². The molecule has 22 atom stereocenters. The number of ether oxygens (including phenoxy) is 7. The number of cyclic esters (lactones) is 1. The van der Waals surface area contributed by atoms with Gasteiger partial charge in [0.25, 0.3) is 0 Å². The van der Waals surface area contributed by atoms with E-state index in [1.165, 1.54) is 0 Å². The smallest absolute Gasteiger partial charge is 0.331 e. The fourth-order valence-electron chi connectivity index (χ4n) is 13.0. The summed E-state index contributed by atoms with van der Waals surface area (Å²) in [6.45, 7) is 2.28. The molecule has 0 aromatic rings.